The van der Waals surface area contributed by atoms with Crippen molar-refractivity contribution in [3.05, 3.63) is 11.9 Å². The van der Waals surface area contributed by atoms with Crippen LogP contribution in [0.3, 0.4) is 0 Å². The molecule has 96 valence electrons. The van der Waals surface area contributed by atoms with Gasteiger partial charge in [-0.2, -0.15) is 0 Å². The van der Waals surface area contributed by atoms with Crippen molar-refractivity contribution in [2.24, 2.45) is 5.92 Å². The third-order valence-corrected chi connectivity index (χ3v) is 2.42. The second-order valence-corrected chi connectivity index (χ2v) is 4.61. The van der Waals surface area contributed by atoms with Crippen molar-refractivity contribution in [3.8, 4) is 0 Å². The van der Waals surface area contributed by atoms with Crippen LogP contribution < -0.4 is 5.32 Å². The van der Waals surface area contributed by atoms with Crippen LogP contribution in [0.25, 0.3) is 0 Å². The van der Waals surface area contributed by atoms with Gasteiger partial charge in [0.2, 0.25) is 5.91 Å². The van der Waals surface area contributed by atoms with Gasteiger partial charge in [0.25, 0.3) is 0 Å². The quantitative estimate of drug-likeness (QED) is 0.792. The van der Waals surface area contributed by atoms with Gasteiger partial charge in [-0.05, 0) is 19.8 Å². The third kappa shape index (κ3) is 3.81. The maximum absolute atomic E-state index is 11.8. The molecule has 0 fully saturated rings. The topological polar surface area (TPSA) is 80.0 Å². The molecular weight excluding hydrogens is 220 g/mol. The average molecular weight is 240 g/mol. The minimum Gasteiger partial charge on any atom is -0.387 e. The van der Waals surface area contributed by atoms with Gasteiger partial charge in [-0.25, -0.2) is 4.68 Å². The van der Waals surface area contributed by atoms with Crippen LogP contribution in [0.5, 0.6) is 0 Å². The van der Waals surface area contributed by atoms with E-state index in [2.05, 4.69) is 15.6 Å². The normalized spacial score (nSPS) is 14.7. The van der Waals surface area contributed by atoms with E-state index in [1.54, 1.807) is 20.0 Å². The Kier molecular flexibility index (Phi) is 4.62. The van der Waals surface area contributed by atoms with Crippen molar-refractivity contribution >= 4 is 5.91 Å². The predicted octanol–water partition coefficient (Wildman–Crippen LogP) is 0.665. The molecule has 1 aromatic heterocycles. The molecule has 0 bridgehead atoms. The van der Waals surface area contributed by atoms with Gasteiger partial charge in [-0.3, -0.25) is 4.79 Å². The molecule has 0 aliphatic carbocycles. The SMILES string of the molecule is CC(C)CNC(=O)C(C)n1cc(C(C)O)nn1. The van der Waals surface area contributed by atoms with Crippen molar-refractivity contribution in [1.29, 1.82) is 0 Å². The molecule has 0 aromatic carbocycles. The summed E-state index contributed by atoms with van der Waals surface area (Å²) in [5.74, 6) is 0.315. The van der Waals surface area contributed by atoms with Crippen LogP contribution >= 0.6 is 0 Å². The first-order valence-corrected chi connectivity index (χ1v) is 5.79. The van der Waals surface area contributed by atoms with E-state index in [0.29, 0.717) is 18.2 Å². The van der Waals surface area contributed by atoms with Crippen LogP contribution in [0, 0.1) is 5.92 Å². The van der Waals surface area contributed by atoms with E-state index in [4.69, 9.17) is 0 Å². The fourth-order valence-electron chi connectivity index (χ4n) is 1.24. The van der Waals surface area contributed by atoms with Crippen LogP contribution in [0.4, 0.5) is 0 Å². The van der Waals surface area contributed by atoms with Gasteiger partial charge in [0, 0.05) is 6.54 Å². The molecule has 1 rings (SSSR count). The smallest absolute Gasteiger partial charge is 0.244 e. The maximum Gasteiger partial charge on any atom is 0.244 e. The number of aliphatic hydroxyl groups is 1. The summed E-state index contributed by atoms with van der Waals surface area (Å²) < 4.78 is 1.46. The van der Waals surface area contributed by atoms with Crippen molar-refractivity contribution in [3.63, 3.8) is 0 Å². The fraction of sp³-hybridized carbons (Fsp3) is 0.727. The first-order chi connectivity index (χ1) is 7.91. The molecule has 6 heteroatoms. The summed E-state index contributed by atoms with van der Waals surface area (Å²) in [6.45, 7) is 8.06. The molecule has 2 N–H and O–H groups in total. The van der Waals surface area contributed by atoms with Crippen LogP contribution in [0.15, 0.2) is 6.20 Å². The lowest BCUT2D eigenvalue weighted by molar-refractivity contribution is -0.124. The predicted molar refractivity (Wildman–Crippen MR) is 63.2 cm³/mol. The Morgan fingerprint density at radius 3 is 2.59 bits per heavy atom. The van der Waals surface area contributed by atoms with Crippen molar-refractivity contribution in [2.45, 2.75) is 39.8 Å². The number of aromatic nitrogens is 3. The molecule has 1 heterocycles. The molecule has 0 spiro atoms. The largest absolute Gasteiger partial charge is 0.387 e. The monoisotopic (exact) mass is 240 g/mol. The maximum atomic E-state index is 11.8. The first-order valence-electron chi connectivity index (χ1n) is 5.79. The second-order valence-electron chi connectivity index (χ2n) is 4.61. The van der Waals surface area contributed by atoms with Crippen molar-refractivity contribution < 1.29 is 9.90 Å². The minimum absolute atomic E-state index is 0.0965. The number of rotatable bonds is 5. The summed E-state index contributed by atoms with van der Waals surface area (Å²) >= 11 is 0. The van der Waals surface area contributed by atoms with E-state index in [9.17, 15) is 9.90 Å². The Hall–Kier alpha value is -1.43. The van der Waals surface area contributed by atoms with E-state index < -0.39 is 12.1 Å². The summed E-state index contributed by atoms with van der Waals surface area (Å²) in [7, 11) is 0. The molecule has 17 heavy (non-hydrogen) atoms. The number of hydrogen-bond donors (Lipinski definition) is 2. The molecule has 2 atom stereocenters. The van der Waals surface area contributed by atoms with Gasteiger partial charge in [-0.1, -0.05) is 19.1 Å². The highest BCUT2D eigenvalue weighted by Crippen LogP contribution is 2.10. The van der Waals surface area contributed by atoms with Crippen molar-refractivity contribution in [2.75, 3.05) is 6.54 Å². The van der Waals surface area contributed by atoms with Gasteiger partial charge < -0.3 is 10.4 Å². The molecule has 6 nitrogen and oxygen atoms in total. The zero-order chi connectivity index (χ0) is 13.0. The highest BCUT2D eigenvalue weighted by atomic mass is 16.3. The lowest BCUT2D eigenvalue weighted by Gasteiger charge is -2.13. The first kappa shape index (κ1) is 13.6. The molecular formula is C11H20N4O2. The minimum atomic E-state index is -0.672. The number of aliphatic hydroxyl groups excluding tert-OH is 1. The van der Waals surface area contributed by atoms with Crippen LogP contribution in [-0.2, 0) is 4.79 Å². The molecule has 0 radical (unpaired) electrons. The highest BCUT2D eigenvalue weighted by molar-refractivity contribution is 5.79. The van der Waals surface area contributed by atoms with Gasteiger partial charge in [-0.15, -0.1) is 5.10 Å². The second kappa shape index (κ2) is 5.77. The number of hydrogen-bond acceptors (Lipinski definition) is 4. The lowest BCUT2D eigenvalue weighted by atomic mass is 10.2. The van der Waals surface area contributed by atoms with E-state index >= 15 is 0 Å². The third-order valence-electron chi connectivity index (χ3n) is 2.42. The Bertz CT molecular complexity index is 373. The number of nitrogens with one attached hydrogen (secondary N) is 1. The van der Waals surface area contributed by atoms with Gasteiger partial charge >= 0.3 is 0 Å². The van der Waals surface area contributed by atoms with E-state index in [1.807, 2.05) is 13.8 Å². The Labute approximate surface area is 101 Å². The summed E-state index contributed by atoms with van der Waals surface area (Å²) in [4.78, 5) is 11.8. The summed E-state index contributed by atoms with van der Waals surface area (Å²) in [5.41, 5.74) is 0.466. The van der Waals surface area contributed by atoms with E-state index in [-0.39, 0.29) is 5.91 Å². The van der Waals surface area contributed by atoms with Gasteiger partial charge in [0.05, 0.1) is 12.3 Å². The summed E-state index contributed by atoms with van der Waals surface area (Å²) in [6.07, 6.45) is 0.916. The average Bonchev–Trinajstić information content (AvgIpc) is 2.73. The Morgan fingerprint density at radius 1 is 1.47 bits per heavy atom. The fourth-order valence-corrected chi connectivity index (χ4v) is 1.24. The van der Waals surface area contributed by atoms with Crippen molar-refractivity contribution in [1.82, 2.24) is 20.3 Å². The molecule has 0 aliphatic rings. The standard InChI is InChI=1S/C11H20N4O2/c1-7(2)5-12-11(17)8(3)15-6-10(9(4)16)13-14-15/h6-9,16H,5H2,1-4H3,(H,12,17). The highest BCUT2D eigenvalue weighted by Gasteiger charge is 2.17. The van der Waals surface area contributed by atoms with E-state index in [1.165, 1.54) is 4.68 Å². The molecule has 0 saturated carbocycles. The number of carbonyl (C=O) groups excluding carboxylic acids is 1. The Balaban J connectivity index is 2.61. The zero-order valence-electron chi connectivity index (χ0n) is 10.7. The summed E-state index contributed by atoms with van der Waals surface area (Å²) in [6, 6.07) is -0.422. The van der Waals surface area contributed by atoms with Crippen LogP contribution in [0.1, 0.15) is 45.5 Å². The number of carbonyl (C=O) groups is 1. The Morgan fingerprint density at radius 2 is 2.12 bits per heavy atom. The lowest BCUT2D eigenvalue weighted by Crippen LogP contribution is -2.33. The molecule has 0 saturated heterocycles. The summed E-state index contributed by atoms with van der Waals surface area (Å²) in [5, 5.41) is 19.8. The molecule has 1 aromatic rings. The van der Waals surface area contributed by atoms with Crippen LogP contribution in [-0.4, -0.2) is 32.6 Å². The van der Waals surface area contributed by atoms with Gasteiger partial charge in [0.15, 0.2) is 0 Å². The molecule has 0 aliphatic heterocycles. The number of nitrogens with zero attached hydrogens (tertiary/aromatic N) is 3. The number of amides is 1. The van der Waals surface area contributed by atoms with Crippen LogP contribution in [0.2, 0.25) is 0 Å². The van der Waals surface area contributed by atoms with E-state index in [0.717, 1.165) is 0 Å². The van der Waals surface area contributed by atoms with Gasteiger partial charge in [0.1, 0.15) is 11.7 Å². The molecule has 2 unspecified atom stereocenters. The zero-order valence-corrected chi connectivity index (χ0v) is 10.7. The molecule has 1 amide bonds.